The number of aromatic nitrogens is 2. The number of methoxy groups -OCH3 is 1. The van der Waals surface area contributed by atoms with E-state index in [-0.39, 0.29) is 12.3 Å². The summed E-state index contributed by atoms with van der Waals surface area (Å²) in [4.78, 5) is 20.8. The van der Waals surface area contributed by atoms with Gasteiger partial charge in [-0.15, -0.1) is 29.3 Å². The van der Waals surface area contributed by atoms with E-state index >= 15 is 0 Å². The summed E-state index contributed by atoms with van der Waals surface area (Å²) >= 11 is 2.82. The second-order valence-electron chi connectivity index (χ2n) is 5.13. The second kappa shape index (κ2) is 8.59. The molecule has 0 amide bonds. The van der Waals surface area contributed by atoms with Crippen molar-refractivity contribution >= 4 is 33.8 Å². The molecule has 0 aliphatic carbocycles. The van der Waals surface area contributed by atoms with Gasteiger partial charge in [-0.2, -0.15) is 0 Å². The van der Waals surface area contributed by atoms with Crippen molar-refractivity contribution in [1.82, 2.24) is 9.97 Å². The Kier molecular flexibility index (Phi) is 5.98. The number of nitrogens with one attached hydrogen (secondary N) is 1. The van der Waals surface area contributed by atoms with E-state index in [9.17, 15) is 4.79 Å². The smallest absolute Gasteiger partial charge is 0.358 e. The van der Waals surface area contributed by atoms with E-state index in [1.807, 2.05) is 29.6 Å². The molecule has 8 heteroatoms. The van der Waals surface area contributed by atoms with Crippen LogP contribution in [0.25, 0.3) is 10.6 Å². The van der Waals surface area contributed by atoms with Gasteiger partial charge in [0.25, 0.3) is 0 Å². The SMILES string of the molecule is C=CCNc1nc(C(=O)OCc2csc(-c3ccccc3OC)n2)cs1. The van der Waals surface area contributed by atoms with Gasteiger partial charge in [0, 0.05) is 17.3 Å². The van der Waals surface area contributed by atoms with Gasteiger partial charge in [0.15, 0.2) is 10.8 Å². The Labute approximate surface area is 159 Å². The number of benzene rings is 1. The molecule has 0 saturated carbocycles. The fourth-order valence-corrected chi connectivity index (χ4v) is 3.66. The molecule has 0 radical (unpaired) electrons. The van der Waals surface area contributed by atoms with Crippen molar-refractivity contribution < 1.29 is 14.3 Å². The molecule has 0 aliphatic rings. The standard InChI is InChI=1S/C18H17N3O3S2/c1-3-8-19-18-21-14(11-26-18)17(22)24-9-12-10-25-16(20-12)13-6-4-5-7-15(13)23-2/h3-7,10-11H,1,8-9H2,2H3,(H,19,21). The summed E-state index contributed by atoms with van der Waals surface area (Å²) in [6, 6.07) is 7.67. The van der Waals surface area contributed by atoms with Crippen LogP contribution in [-0.4, -0.2) is 29.6 Å². The van der Waals surface area contributed by atoms with Gasteiger partial charge in [-0.1, -0.05) is 18.2 Å². The van der Waals surface area contributed by atoms with Gasteiger partial charge in [-0.05, 0) is 12.1 Å². The van der Waals surface area contributed by atoms with Crippen LogP contribution in [0.5, 0.6) is 5.75 Å². The molecular formula is C18H17N3O3S2. The Morgan fingerprint density at radius 1 is 1.27 bits per heavy atom. The van der Waals surface area contributed by atoms with Crippen molar-refractivity contribution in [2.24, 2.45) is 0 Å². The van der Waals surface area contributed by atoms with Crippen molar-refractivity contribution in [3.63, 3.8) is 0 Å². The maximum absolute atomic E-state index is 12.1. The van der Waals surface area contributed by atoms with E-state index in [0.717, 1.165) is 16.3 Å². The summed E-state index contributed by atoms with van der Waals surface area (Å²) in [6.07, 6.45) is 1.72. The molecule has 3 aromatic rings. The van der Waals surface area contributed by atoms with Crippen LogP contribution in [-0.2, 0) is 11.3 Å². The molecule has 0 fully saturated rings. The lowest BCUT2D eigenvalue weighted by molar-refractivity contribution is 0.0462. The predicted octanol–water partition coefficient (Wildman–Crippen LogP) is 4.23. The number of hydrogen-bond donors (Lipinski definition) is 1. The van der Waals surface area contributed by atoms with E-state index in [1.54, 1.807) is 18.6 Å². The van der Waals surface area contributed by atoms with E-state index in [1.165, 1.54) is 22.7 Å². The van der Waals surface area contributed by atoms with Crippen LogP contribution in [0.3, 0.4) is 0 Å². The van der Waals surface area contributed by atoms with Crippen LogP contribution < -0.4 is 10.1 Å². The first-order chi connectivity index (χ1) is 12.7. The summed E-state index contributed by atoms with van der Waals surface area (Å²) in [6.45, 7) is 4.31. The monoisotopic (exact) mass is 387 g/mol. The average Bonchev–Trinajstić information content (AvgIpc) is 3.34. The first-order valence-corrected chi connectivity index (χ1v) is 9.52. The number of nitrogens with zero attached hydrogens (tertiary/aromatic N) is 2. The molecule has 1 N–H and O–H groups in total. The second-order valence-corrected chi connectivity index (χ2v) is 6.84. The summed E-state index contributed by atoms with van der Waals surface area (Å²) in [5.41, 5.74) is 1.88. The molecule has 0 saturated heterocycles. The maximum atomic E-state index is 12.1. The van der Waals surface area contributed by atoms with Gasteiger partial charge in [0.2, 0.25) is 0 Å². The van der Waals surface area contributed by atoms with E-state index in [4.69, 9.17) is 9.47 Å². The van der Waals surface area contributed by atoms with Gasteiger partial charge in [0.05, 0.1) is 18.4 Å². The zero-order valence-corrected chi connectivity index (χ0v) is 15.7. The minimum absolute atomic E-state index is 0.0947. The zero-order valence-electron chi connectivity index (χ0n) is 14.1. The van der Waals surface area contributed by atoms with Crippen molar-refractivity contribution in [2.75, 3.05) is 19.0 Å². The first kappa shape index (κ1) is 18.1. The molecule has 26 heavy (non-hydrogen) atoms. The average molecular weight is 387 g/mol. The maximum Gasteiger partial charge on any atom is 0.358 e. The summed E-state index contributed by atoms with van der Waals surface area (Å²) in [5.74, 6) is 0.284. The Morgan fingerprint density at radius 2 is 2.12 bits per heavy atom. The van der Waals surface area contributed by atoms with Gasteiger partial charge < -0.3 is 14.8 Å². The topological polar surface area (TPSA) is 73.3 Å². The molecule has 2 aromatic heterocycles. The normalized spacial score (nSPS) is 10.3. The van der Waals surface area contributed by atoms with Crippen molar-refractivity contribution in [3.8, 4) is 16.3 Å². The van der Waals surface area contributed by atoms with E-state index in [2.05, 4.69) is 21.9 Å². The first-order valence-electron chi connectivity index (χ1n) is 7.76. The van der Waals surface area contributed by atoms with Crippen LogP contribution in [0.2, 0.25) is 0 Å². The van der Waals surface area contributed by atoms with Crippen LogP contribution in [0, 0.1) is 0 Å². The van der Waals surface area contributed by atoms with Gasteiger partial charge in [-0.3, -0.25) is 0 Å². The minimum Gasteiger partial charge on any atom is -0.496 e. The lowest BCUT2D eigenvalue weighted by Crippen LogP contribution is -2.06. The molecule has 3 rings (SSSR count). The van der Waals surface area contributed by atoms with Gasteiger partial charge >= 0.3 is 5.97 Å². The lowest BCUT2D eigenvalue weighted by atomic mass is 10.2. The molecule has 0 atom stereocenters. The lowest BCUT2D eigenvalue weighted by Gasteiger charge is -2.04. The largest absolute Gasteiger partial charge is 0.496 e. The molecule has 1 aromatic carbocycles. The number of anilines is 1. The van der Waals surface area contributed by atoms with Crippen LogP contribution in [0.15, 0.2) is 47.7 Å². The Hall–Kier alpha value is -2.71. The molecule has 0 spiro atoms. The number of thiazole rings is 2. The molecule has 0 unspecified atom stereocenters. The third-order valence-electron chi connectivity index (χ3n) is 3.35. The highest BCUT2D eigenvalue weighted by Gasteiger charge is 2.14. The number of rotatable bonds is 8. The van der Waals surface area contributed by atoms with Gasteiger partial charge in [0.1, 0.15) is 17.4 Å². The highest BCUT2D eigenvalue weighted by molar-refractivity contribution is 7.14. The fraction of sp³-hybridized carbons (Fsp3) is 0.167. The number of hydrogen-bond acceptors (Lipinski definition) is 8. The predicted molar refractivity (Wildman–Crippen MR) is 104 cm³/mol. The van der Waals surface area contributed by atoms with E-state index < -0.39 is 5.97 Å². The third-order valence-corrected chi connectivity index (χ3v) is 5.08. The number of para-hydroxylation sites is 1. The molecule has 0 aliphatic heterocycles. The number of carbonyl (C=O) groups excluding carboxylic acids is 1. The molecule has 6 nitrogen and oxygen atoms in total. The molecule has 0 bridgehead atoms. The van der Waals surface area contributed by atoms with Crippen molar-refractivity contribution in [3.05, 3.63) is 59.1 Å². The van der Waals surface area contributed by atoms with Crippen molar-refractivity contribution in [1.29, 1.82) is 0 Å². The number of esters is 1. The quantitative estimate of drug-likeness (QED) is 0.461. The van der Waals surface area contributed by atoms with Gasteiger partial charge in [-0.25, -0.2) is 14.8 Å². The van der Waals surface area contributed by atoms with Crippen LogP contribution in [0.1, 0.15) is 16.2 Å². The fourth-order valence-electron chi connectivity index (χ4n) is 2.14. The summed E-state index contributed by atoms with van der Waals surface area (Å²) in [7, 11) is 1.63. The summed E-state index contributed by atoms with van der Waals surface area (Å²) in [5, 5.41) is 8.04. The van der Waals surface area contributed by atoms with Crippen LogP contribution >= 0.6 is 22.7 Å². The Bertz CT molecular complexity index is 904. The van der Waals surface area contributed by atoms with E-state index in [0.29, 0.717) is 17.4 Å². The molecule has 2 heterocycles. The molecular weight excluding hydrogens is 370 g/mol. The Balaban J connectivity index is 1.62. The van der Waals surface area contributed by atoms with Crippen molar-refractivity contribution in [2.45, 2.75) is 6.61 Å². The number of carbonyl (C=O) groups is 1. The van der Waals surface area contributed by atoms with Crippen LogP contribution in [0.4, 0.5) is 5.13 Å². The highest BCUT2D eigenvalue weighted by Crippen LogP contribution is 2.32. The Morgan fingerprint density at radius 3 is 2.92 bits per heavy atom. The number of ether oxygens (including phenoxy) is 2. The highest BCUT2D eigenvalue weighted by atomic mass is 32.1. The molecule has 134 valence electrons. The minimum atomic E-state index is -0.472. The zero-order chi connectivity index (χ0) is 18.4. The summed E-state index contributed by atoms with van der Waals surface area (Å²) < 4.78 is 10.7. The third kappa shape index (κ3) is 4.27.